The van der Waals surface area contributed by atoms with Crippen molar-refractivity contribution in [3.05, 3.63) is 11.7 Å². The first-order chi connectivity index (χ1) is 7.89. The lowest BCUT2D eigenvalue weighted by molar-refractivity contribution is -0.134. The SMILES string of the molecule is CC1(c2nc(CCC(F)(F)F)no2)CCNC1. The van der Waals surface area contributed by atoms with Crippen LogP contribution in [0.1, 0.15) is 31.5 Å². The van der Waals surface area contributed by atoms with E-state index in [-0.39, 0.29) is 17.7 Å². The molecular formula is C10H14F3N3O. The van der Waals surface area contributed by atoms with E-state index in [1.165, 1.54) is 0 Å². The van der Waals surface area contributed by atoms with E-state index in [0.29, 0.717) is 12.4 Å². The fraction of sp³-hybridized carbons (Fsp3) is 0.800. The van der Waals surface area contributed by atoms with Gasteiger partial charge in [-0.05, 0) is 19.9 Å². The largest absolute Gasteiger partial charge is 0.389 e. The molecule has 0 bridgehead atoms. The average molecular weight is 249 g/mol. The number of hydrogen-bond donors (Lipinski definition) is 1. The lowest BCUT2D eigenvalue weighted by Gasteiger charge is -2.15. The summed E-state index contributed by atoms with van der Waals surface area (Å²) in [5.41, 5.74) is -0.247. The maximum Gasteiger partial charge on any atom is 0.389 e. The summed E-state index contributed by atoms with van der Waals surface area (Å²) in [4.78, 5) is 4.05. The Balaban J connectivity index is 2.01. The van der Waals surface area contributed by atoms with E-state index in [0.717, 1.165) is 13.0 Å². The van der Waals surface area contributed by atoms with E-state index < -0.39 is 12.6 Å². The van der Waals surface area contributed by atoms with Crippen molar-refractivity contribution < 1.29 is 17.7 Å². The smallest absolute Gasteiger partial charge is 0.339 e. The first kappa shape index (κ1) is 12.3. The third-order valence-corrected chi connectivity index (χ3v) is 2.99. The Morgan fingerprint density at radius 2 is 2.24 bits per heavy atom. The predicted molar refractivity (Wildman–Crippen MR) is 53.5 cm³/mol. The molecule has 2 rings (SSSR count). The number of hydrogen-bond acceptors (Lipinski definition) is 4. The molecule has 96 valence electrons. The van der Waals surface area contributed by atoms with E-state index in [1.54, 1.807) is 0 Å². The van der Waals surface area contributed by atoms with Gasteiger partial charge < -0.3 is 9.84 Å². The van der Waals surface area contributed by atoms with Gasteiger partial charge >= 0.3 is 6.18 Å². The molecule has 1 aromatic heterocycles. The van der Waals surface area contributed by atoms with Gasteiger partial charge in [0.15, 0.2) is 5.82 Å². The van der Waals surface area contributed by atoms with Crippen LogP contribution < -0.4 is 5.32 Å². The lowest BCUT2D eigenvalue weighted by Crippen LogP contribution is -2.25. The predicted octanol–water partition coefficient (Wildman–Crippen LogP) is 1.82. The first-order valence-corrected chi connectivity index (χ1v) is 5.50. The molecule has 1 atom stereocenters. The van der Waals surface area contributed by atoms with Gasteiger partial charge in [0.25, 0.3) is 0 Å². The molecule has 1 aliphatic heterocycles. The molecule has 1 N–H and O–H groups in total. The normalized spacial score (nSPS) is 25.4. The van der Waals surface area contributed by atoms with E-state index in [4.69, 9.17) is 4.52 Å². The van der Waals surface area contributed by atoms with Crippen LogP contribution >= 0.6 is 0 Å². The second-order valence-electron chi connectivity index (χ2n) is 4.62. The Bertz CT molecular complexity index is 382. The van der Waals surface area contributed by atoms with Crippen molar-refractivity contribution in [1.29, 1.82) is 0 Å². The Hall–Kier alpha value is -1.11. The van der Waals surface area contributed by atoms with Gasteiger partial charge in [0.1, 0.15) is 0 Å². The highest BCUT2D eigenvalue weighted by molar-refractivity contribution is 5.07. The van der Waals surface area contributed by atoms with E-state index >= 15 is 0 Å². The molecule has 0 saturated carbocycles. The van der Waals surface area contributed by atoms with Crippen LogP contribution in [0.15, 0.2) is 4.52 Å². The molecule has 1 fully saturated rings. The van der Waals surface area contributed by atoms with Crippen LogP contribution in [0.25, 0.3) is 0 Å². The fourth-order valence-corrected chi connectivity index (χ4v) is 1.85. The van der Waals surface area contributed by atoms with Gasteiger partial charge in [0.05, 0.1) is 11.8 Å². The number of halogens is 3. The minimum atomic E-state index is -4.18. The van der Waals surface area contributed by atoms with Gasteiger partial charge in [0.2, 0.25) is 5.89 Å². The van der Waals surface area contributed by atoms with Gasteiger partial charge in [-0.15, -0.1) is 0 Å². The monoisotopic (exact) mass is 249 g/mol. The molecule has 2 heterocycles. The van der Waals surface area contributed by atoms with Crippen LogP contribution in [0.2, 0.25) is 0 Å². The highest BCUT2D eigenvalue weighted by Gasteiger charge is 2.36. The van der Waals surface area contributed by atoms with E-state index in [2.05, 4.69) is 15.5 Å². The summed E-state index contributed by atoms with van der Waals surface area (Å²) >= 11 is 0. The standard InChI is InChI=1S/C10H14F3N3O/c1-9(4-5-14-6-9)8-15-7(16-17-8)2-3-10(11,12)13/h14H,2-6H2,1H3. The first-order valence-electron chi connectivity index (χ1n) is 5.50. The molecule has 0 amide bonds. The number of aromatic nitrogens is 2. The third-order valence-electron chi connectivity index (χ3n) is 2.99. The van der Waals surface area contributed by atoms with Crippen molar-refractivity contribution in [2.45, 2.75) is 37.8 Å². The second kappa shape index (κ2) is 4.29. The molecule has 7 heteroatoms. The summed E-state index contributed by atoms with van der Waals surface area (Å²) in [6, 6.07) is 0. The van der Waals surface area contributed by atoms with Crippen LogP contribution in [-0.2, 0) is 11.8 Å². The molecule has 0 spiro atoms. The minimum absolute atomic E-state index is 0.130. The van der Waals surface area contributed by atoms with Crippen LogP contribution in [0.5, 0.6) is 0 Å². The minimum Gasteiger partial charge on any atom is -0.339 e. The Morgan fingerprint density at radius 3 is 2.82 bits per heavy atom. The summed E-state index contributed by atoms with van der Waals surface area (Å²) < 4.78 is 41.1. The number of nitrogens with zero attached hydrogens (tertiary/aromatic N) is 2. The van der Waals surface area contributed by atoms with Crippen molar-refractivity contribution in [2.75, 3.05) is 13.1 Å². The number of rotatable bonds is 3. The summed E-state index contributed by atoms with van der Waals surface area (Å²) in [6.45, 7) is 3.54. The second-order valence-corrected chi connectivity index (χ2v) is 4.62. The summed E-state index contributed by atoms with van der Waals surface area (Å²) in [7, 11) is 0. The average Bonchev–Trinajstić information content (AvgIpc) is 2.83. The maximum absolute atomic E-state index is 12.0. The number of aryl methyl sites for hydroxylation is 1. The molecular weight excluding hydrogens is 235 g/mol. The summed E-state index contributed by atoms with van der Waals surface area (Å²) in [5, 5.41) is 6.76. The van der Waals surface area contributed by atoms with Gasteiger partial charge in [-0.3, -0.25) is 0 Å². The highest BCUT2D eigenvalue weighted by Crippen LogP contribution is 2.29. The molecule has 4 nitrogen and oxygen atoms in total. The molecule has 17 heavy (non-hydrogen) atoms. The van der Waals surface area contributed by atoms with Crippen molar-refractivity contribution in [3.63, 3.8) is 0 Å². The topological polar surface area (TPSA) is 51.0 Å². The fourth-order valence-electron chi connectivity index (χ4n) is 1.85. The third kappa shape index (κ3) is 2.96. The number of nitrogens with one attached hydrogen (secondary N) is 1. The highest BCUT2D eigenvalue weighted by atomic mass is 19.4. The zero-order chi connectivity index (χ0) is 12.5. The van der Waals surface area contributed by atoms with E-state index in [1.807, 2.05) is 6.92 Å². The van der Waals surface area contributed by atoms with Crippen LogP contribution in [0, 0.1) is 0 Å². The molecule has 1 unspecified atom stereocenters. The molecule has 1 aromatic rings. The van der Waals surface area contributed by atoms with Crippen molar-refractivity contribution in [3.8, 4) is 0 Å². The Kier molecular flexibility index (Phi) is 3.11. The summed E-state index contributed by atoms with van der Waals surface area (Å²) in [5.74, 6) is 0.560. The van der Waals surface area contributed by atoms with Crippen LogP contribution in [0.4, 0.5) is 13.2 Å². The maximum atomic E-state index is 12.0. The van der Waals surface area contributed by atoms with Crippen molar-refractivity contribution in [1.82, 2.24) is 15.5 Å². The van der Waals surface area contributed by atoms with Crippen LogP contribution in [-0.4, -0.2) is 29.4 Å². The lowest BCUT2D eigenvalue weighted by atomic mass is 9.90. The zero-order valence-electron chi connectivity index (χ0n) is 9.47. The van der Waals surface area contributed by atoms with Gasteiger partial charge in [-0.2, -0.15) is 18.2 Å². The van der Waals surface area contributed by atoms with Gasteiger partial charge in [0, 0.05) is 13.0 Å². The van der Waals surface area contributed by atoms with Crippen molar-refractivity contribution in [2.24, 2.45) is 0 Å². The Labute approximate surface area is 96.6 Å². The Morgan fingerprint density at radius 1 is 1.47 bits per heavy atom. The quantitative estimate of drug-likeness (QED) is 0.887. The zero-order valence-corrected chi connectivity index (χ0v) is 9.47. The van der Waals surface area contributed by atoms with Crippen molar-refractivity contribution >= 4 is 0 Å². The molecule has 0 aliphatic carbocycles. The molecule has 1 saturated heterocycles. The molecule has 0 radical (unpaired) electrons. The number of alkyl halides is 3. The van der Waals surface area contributed by atoms with E-state index in [9.17, 15) is 13.2 Å². The summed E-state index contributed by atoms with van der Waals surface area (Å²) in [6.07, 6.45) is -4.47. The molecule has 1 aliphatic rings. The van der Waals surface area contributed by atoms with Crippen LogP contribution in [0.3, 0.4) is 0 Å². The van der Waals surface area contributed by atoms with Gasteiger partial charge in [-0.1, -0.05) is 5.16 Å². The molecule has 0 aromatic carbocycles. The van der Waals surface area contributed by atoms with Gasteiger partial charge in [-0.25, -0.2) is 0 Å².